The van der Waals surface area contributed by atoms with Crippen molar-refractivity contribution < 1.29 is 4.79 Å². The number of aromatic nitrogens is 1. The Morgan fingerprint density at radius 3 is 2.41 bits per heavy atom. The highest BCUT2D eigenvalue weighted by molar-refractivity contribution is 8.27. The van der Waals surface area contributed by atoms with Gasteiger partial charge in [-0.15, -0.1) is 0 Å². The first-order chi connectivity index (χ1) is 16.4. The lowest BCUT2D eigenvalue weighted by Crippen LogP contribution is -2.27. The van der Waals surface area contributed by atoms with Crippen LogP contribution in [0.25, 0.3) is 17.0 Å². The maximum atomic E-state index is 13.3. The molecule has 1 amide bonds. The van der Waals surface area contributed by atoms with Crippen molar-refractivity contribution in [3.05, 3.63) is 100 Å². The van der Waals surface area contributed by atoms with Gasteiger partial charge in [0.2, 0.25) is 0 Å². The van der Waals surface area contributed by atoms with E-state index in [1.807, 2.05) is 85.7 Å². The predicted octanol–water partition coefficient (Wildman–Crippen LogP) is 6.81. The lowest BCUT2D eigenvalue weighted by Gasteiger charge is -2.17. The summed E-state index contributed by atoms with van der Waals surface area (Å²) in [5.41, 5.74) is 5.11. The van der Waals surface area contributed by atoms with Crippen LogP contribution in [0.2, 0.25) is 5.02 Å². The molecule has 34 heavy (non-hydrogen) atoms. The van der Waals surface area contributed by atoms with Gasteiger partial charge in [-0.25, -0.2) is 0 Å². The minimum Gasteiger partial charge on any atom is -0.378 e. The third kappa shape index (κ3) is 4.37. The molecule has 170 valence electrons. The molecule has 1 saturated heterocycles. The van der Waals surface area contributed by atoms with E-state index in [1.54, 1.807) is 4.90 Å². The van der Waals surface area contributed by atoms with Crippen LogP contribution in [0.1, 0.15) is 11.1 Å². The first-order valence-electron chi connectivity index (χ1n) is 10.8. The van der Waals surface area contributed by atoms with Crippen molar-refractivity contribution >= 4 is 74.2 Å². The summed E-state index contributed by atoms with van der Waals surface area (Å²) >= 11 is 13.0. The number of halogens is 1. The molecule has 3 aromatic carbocycles. The number of hydrogen-bond donors (Lipinski definition) is 0. The van der Waals surface area contributed by atoms with Gasteiger partial charge in [0.15, 0.2) is 4.32 Å². The molecule has 1 fully saturated rings. The average Bonchev–Trinajstić information content (AvgIpc) is 3.31. The maximum Gasteiger partial charge on any atom is 0.270 e. The van der Waals surface area contributed by atoms with Gasteiger partial charge < -0.3 is 9.47 Å². The summed E-state index contributed by atoms with van der Waals surface area (Å²) in [6, 6.07) is 23.9. The van der Waals surface area contributed by atoms with E-state index >= 15 is 0 Å². The Morgan fingerprint density at radius 1 is 1.00 bits per heavy atom. The first kappa shape index (κ1) is 22.7. The first-order valence-corrected chi connectivity index (χ1v) is 12.4. The number of carbonyl (C=O) groups is 1. The molecule has 4 nitrogen and oxygen atoms in total. The summed E-state index contributed by atoms with van der Waals surface area (Å²) in [5, 5.41) is 1.82. The number of hydrogen-bond acceptors (Lipinski definition) is 4. The molecule has 0 spiro atoms. The molecule has 5 rings (SSSR count). The summed E-state index contributed by atoms with van der Waals surface area (Å²) in [7, 11) is 3.97. The SMILES string of the molecule is CN(C)c1ccc(N2C(=O)/C(=C/c3cn(Cc4ccc(Cl)cc4)c4ccccc34)SC2=S)cc1. The number of rotatable bonds is 5. The van der Waals surface area contributed by atoms with E-state index in [4.69, 9.17) is 23.8 Å². The molecule has 0 bridgehead atoms. The van der Waals surface area contributed by atoms with E-state index < -0.39 is 0 Å². The number of fused-ring (bicyclic) bond motifs is 1. The Morgan fingerprint density at radius 2 is 1.71 bits per heavy atom. The van der Waals surface area contributed by atoms with Crippen molar-refractivity contribution in [3.8, 4) is 0 Å². The summed E-state index contributed by atoms with van der Waals surface area (Å²) in [4.78, 5) is 17.6. The smallest absolute Gasteiger partial charge is 0.270 e. The number of nitrogens with zero attached hydrogens (tertiary/aromatic N) is 3. The lowest BCUT2D eigenvalue weighted by molar-refractivity contribution is -0.113. The second-order valence-electron chi connectivity index (χ2n) is 8.28. The van der Waals surface area contributed by atoms with E-state index in [9.17, 15) is 4.79 Å². The van der Waals surface area contributed by atoms with Crippen LogP contribution in [-0.4, -0.2) is 28.9 Å². The van der Waals surface area contributed by atoms with Crippen molar-refractivity contribution in [1.29, 1.82) is 0 Å². The lowest BCUT2D eigenvalue weighted by atomic mass is 10.1. The number of thiocarbonyl (C=S) groups is 1. The normalized spacial score (nSPS) is 15.0. The zero-order valence-corrected chi connectivity index (χ0v) is 21.1. The van der Waals surface area contributed by atoms with Gasteiger partial charge in [0.1, 0.15) is 0 Å². The molecule has 7 heteroatoms. The van der Waals surface area contributed by atoms with E-state index in [-0.39, 0.29) is 5.91 Å². The van der Waals surface area contributed by atoms with Gasteiger partial charge in [-0.2, -0.15) is 0 Å². The molecule has 0 unspecified atom stereocenters. The van der Waals surface area contributed by atoms with Gasteiger partial charge in [-0.05, 0) is 54.1 Å². The summed E-state index contributed by atoms with van der Waals surface area (Å²) in [5.74, 6) is -0.0952. The third-order valence-corrected chi connectivity index (χ3v) is 7.34. The molecule has 0 saturated carbocycles. The molecule has 1 aromatic heterocycles. The quantitative estimate of drug-likeness (QED) is 0.221. The highest BCUT2D eigenvalue weighted by Gasteiger charge is 2.33. The van der Waals surface area contributed by atoms with Crippen molar-refractivity contribution in [2.45, 2.75) is 6.54 Å². The molecule has 0 atom stereocenters. The average molecular weight is 504 g/mol. The molecule has 0 aliphatic carbocycles. The summed E-state index contributed by atoms with van der Waals surface area (Å²) in [6.45, 7) is 0.713. The van der Waals surface area contributed by atoms with E-state index in [2.05, 4.69) is 22.9 Å². The van der Waals surface area contributed by atoms with Crippen LogP contribution in [0.3, 0.4) is 0 Å². The van der Waals surface area contributed by atoms with E-state index in [0.717, 1.165) is 38.4 Å². The zero-order valence-electron chi connectivity index (χ0n) is 18.7. The van der Waals surface area contributed by atoms with Gasteiger partial charge in [-0.3, -0.25) is 9.69 Å². The minimum atomic E-state index is -0.0952. The Balaban J connectivity index is 1.48. The second-order valence-corrected chi connectivity index (χ2v) is 10.4. The largest absolute Gasteiger partial charge is 0.378 e. The monoisotopic (exact) mass is 503 g/mol. The van der Waals surface area contributed by atoms with Crippen LogP contribution in [-0.2, 0) is 11.3 Å². The van der Waals surface area contributed by atoms with Crippen LogP contribution < -0.4 is 9.80 Å². The zero-order chi connectivity index (χ0) is 23.8. The molecule has 0 N–H and O–H groups in total. The Bertz CT molecular complexity index is 1420. The van der Waals surface area contributed by atoms with Gasteiger partial charge >= 0.3 is 0 Å². The fourth-order valence-corrected chi connectivity index (χ4v) is 5.45. The number of thioether (sulfide) groups is 1. The van der Waals surface area contributed by atoms with Crippen molar-refractivity contribution in [2.75, 3.05) is 23.9 Å². The minimum absolute atomic E-state index is 0.0952. The molecule has 2 heterocycles. The summed E-state index contributed by atoms with van der Waals surface area (Å²) in [6.07, 6.45) is 4.05. The standard InChI is InChI=1S/C27H22ClN3OS2/c1-29(2)21-11-13-22(14-12-21)31-26(32)25(34-27(31)33)15-19-17-30(24-6-4-3-5-23(19)24)16-18-7-9-20(28)10-8-18/h3-15,17H,16H2,1-2H3/b25-15-. The van der Waals surface area contributed by atoms with Gasteiger partial charge in [-0.1, -0.05) is 65.9 Å². The number of amides is 1. The number of benzene rings is 3. The summed E-state index contributed by atoms with van der Waals surface area (Å²) < 4.78 is 2.74. The fraction of sp³-hybridized carbons (Fsp3) is 0.111. The molecule has 1 aliphatic heterocycles. The van der Waals surface area contributed by atoms with Gasteiger partial charge in [0.05, 0.1) is 10.6 Å². The predicted molar refractivity (Wildman–Crippen MR) is 149 cm³/mol. The third-order valence-electron chi connectivity index (χ3n) is 5.79. The van der Waals surface area contributed by atoms with E-state index in [0.29, 0.717) is 15.8 Å². The van der Waals surface area contributed by atoms with Gasteiger partial charge in [0, 0.05) is 54.0 Å². The molecule has 4 aromatic rings. The highest BCUT2D eigenvalue weighted by Crippen LogP contribution is 2.37. The fourth-order valence-electron chi connectivity index (χ4n) is 4.04. The van der Waals surface area contributed by atoms with E-state index in [1.165, 1.54) is 11.8 Å². The Hall–Kier alpha value is -3.06. The van der Waals surface area contributed by atoms with Crippen molar-refractivity contribution in [3.63, 3.8) is 0 Å². The molecular weight excluding hydrogens is 482 g/mol. The van der Waals surface area contributed by atoms with Crippen LogP contribution in [0.4, 0.5) is 11.4 Å². The Labute approximate surface area is 213 Å². The molecule has 1 aliphatic rings. The number of carbonyl (C=O) groups excluding carboxylic acids is 1. The van der Waals surface area contributed by atoms with Crippen molar-refractivity contribution in [1.82, 2.24) is 4.57 Å². The second kappa shape index (κ2) is 9.29. The van der Waals surface area contributed by atoms with Crippen LogP contribution >= 0.6 is 35.6 Å². The maximum absolute atomic E-state index is 13.3. The molecule has 0 radical (unpaired) electrons. The highest BCUT2D eigenvalue weighted by atomic mass is 35.5. The van der Waals surface area contributed by atoms with Crippen LogP contribution in [0.15, 0.2) is 83.9 Å². The van der Waals surface area contributed by atoms with Crippen LogP contribution in [0.5, 0.6) is 0 Å². The topological polar surface area (TPSA) is 28.5 Å². The number of para-hydroxylation sites is 1. The van der Waals surface area contributed by atoms with Crippen LogP contribution in [0, 0.1) is 0 Å². The molecular formula is C27H22ClN3OS2. The van der Waals surface area contributed by atoms with Crippen molar-refractivity contribution in [2.24, 2.45) is 0 Å². The Kier molecular flexibility index (Phi) is 6.21. The van der Waals surface area contributed by atoms with Gasteiger partial charge in [0.25, 0.3) is 5.91 Å². The number of anilines is 2.